The van der Waals surface area contributed by atoms with Crippen LogP contribution in [0.15, 0.2) is 42.6 Å². The van der Waals surface area contributed by atoms with Crippen molar-refractivity contribution in [2.45, 2.75) is 29.8 Å². The molecule has 0 saturated heterocycles. The molecule has 142 valence electrons. The minimum absolute atomic E-state index is 0.416. The molecule has 1 aromatic heterocycles. The van der Waals surface area contributed by atoms with Crippen LogP contribution in [0.2, 0.25) is 0 Å². The van der Waals surface area contributed by atoms with Crippen LogP contribution >= 0.6 is 23.2 Å². The summed E-state index contributed by atoms with van der Waals surface area (Å²) in [5, 5.41) is 21.2. The lowest BCUT2D eigenvalue weighted by molar-refractivity contribution is -0.121. The highest BCUT2D eigenvalue weighted by Crippen LogP contribution is 2.24. The van der Waals surface area contributed by atoms with Gasteiger partial charge in [-0.15, -0.1) is 0 Å². The summed E-state index contributed by atoms with van der Waals surface area (Å²) in [6.45, 7) is -0.969. The second-order valence-electron chi connectivity index (χ2n) is 5.83. The van der Waals surface area contributed by atoms with Gasteiger partial charge in [0.05, 0.1) is 12.1 Å². The van der Waals surface area contributed by atoms with Crippen molar-refractivity contribution in [3.63, 3.8) is 0 Å². The van der Waals surface area contributed by atoms with E-state index in [4.69, 9.17) is 28.5 Å². The average molecular weight is 410 g/mol. The second kappa shape index (κ2) is 10.2. The van der Waals surface area contributed by atoms with Crippen LogP contribution in [0.25, 0.3) is 11.1 Å². The predicted molar refractivity (Wildman–Crippen MR) is 102 cm³/mol. The summed E-state index contributed by atoms with van der Waals surface area (Å²) < 4.78 is 13.2. The molecule has 2 unspecified atom stereocenters. The maximum atomic E-state index is 13.2. The van der Waals surface area contributed by atoms with E-state index in [2.05, 4.69) is 16.4 Å². The molecular formula is C19H18Cl2FN3O2. The molecule has 5 nitrogen and oxygen atoms in total. The third-order valence-electron chi connectivity index (χ3n) is 3.98. The first kappa shape index (κ1) is 21.1. The van der Waals surface area contributed by atoms with E-state index >= 15 is 0 Å². The maximum Gasteiger partial charge on any atom is 0.253 e. The fourth-order valence-electron chi connectivity index (χ4n) is 2.48. The van der Waals surface area contributed by atoms with Crippen LogP contribution in [0.3, 0.4) is 0 Å². The Hall–Kier alpha value is -2.20. The number of carbonyl (C=O) groups excluding carboxylic acids is 1. The van der Waals surface area contributed by atoms with E-state index < -0.39 is 29.6 Å². The van der Waals surface area contributed by atoms with Gasteiger partial charge in [-0.05, 0) is 17.2 Å². The zero-order valence-electron chi connectivity index (χ0n) is 14.3. The van der Waals surface area contributed by atoms with E-state index in [9.17, 15) is 14.3 Å². The van der Waals surface area contributed by atoms with Crippen molar-refractivity contribution in [1.82, 2.24) is 10.3 Å². The Kier molecular flexibility index (Phi) is 7.99. The number of benzene rings is 1. The lowest BCUT2D eigenvalue weighted by Gasteiger charge is -2.22. The van der Waals surface area contributed by atoms with E-state index in [0.29, 0.717) is 18.4 Å². The summed E-state index contributed by atoms with van der Waals surface area (Å²) in [4.78, 5) is 14.5. The van der Waals surface area contributed by atoms with Gasteiger partial charge in [0.1, 0.15) is 12.8 Å². The molecule has 2 N–H and O–H groups in total. The minimum Gasteiger partial charge on any atom is -0.386 e. The van der Waals surface area contributed by atoms with Crippen molar-refractivity contribution in [3.8, 4) is 17.2 Å². The molecule has 8 heteroatoms. The number of pyridine rings is 1. The fourth-order valence-corrected chi connectivity index (χ4v) is 2.61. The number of nitriles is 1. The predicted octanol–water partition coefficient (Wildman–Crippen LogP) is 3.50. The number of rotatable bonds is 8. The summed E-state index contributed by atoms with van der Waals surface area (Å²) in [7, 11) is 0. The van der Waals surface area contributed by atoms with Crippen LogP contribution in [0, 0.1) is 11.3 Å². The van der Waals surface area contributed by atoms with E-state index in [0.717, 1.165) is 16.8 Å². The topological polar surface area (TPSA) is 86.0 Å². The quantitative estimate of drug-likeness (QED) is 0.653. The molecular weight excluding hydrogens is 392 g/mol. The van der Waals surface area contributed by atoms with Crippen molar-refractivity contribution in [1.29, 1.82) is 5.26 Å². The van der Waals surface area contributed by atoms with Crippen molar-refractivity contribution in [2.24, 2.45) is 0 Å². The summed E-state index contributed by atoms with van der Waals surface area (Å²) in [5.41, 5.74) is 3.03. The number of halogens is 3. The van der Waals surface area contributed by atoms with Gasteiger partial charge in [0.25, 0.3) is 5.91 Å². The number of aliphatic hydroxyl groups excluding tert-OH is 1. The maximum absolute atomic E-state index is 13.2. The minimum atomic E-state index is -1.34. The first-order valence-corrected chi connectivity index (χ1v) is 9.08. The summed E-state index contributed by atoms with van der Waals surface area (Å²) in [6.07, 6.45) is 1.49. The van der Waals surface area contributed by atoms with Gasteiger partial charge in [-0.1, -0.05) is 53.5 Å². The van der Waals surface area contributed by atoms with Crippen molar-refractivity contribution < 1.29 is 14.3 Å². The lowest BCUT2D eigenvalue weighted by atomic mass is 9.99. The summed E-state index contributed by atoms with van der Waals surface area (Å²) in [5.74, 6) is -0.765. The van der Waals surface area contributed by atoms with Gasteiger partial charge in [0.15, 0.2) is 4.84 Å². The Morgan fingerprint density at radius 2 is 1.89 bits per heavy atom. The molecule has 1 amide bonds. The number of amides is 1. The molecule has 0 saturated carbocycles. The molecule has 1 heterocycles. The Labute approximate surface area is 166 Å². The molecule has 0 bridgehead atoms. The normalized spacial score (nSPS) is 13.0. The van der Waals surface area contributed by atoms with Gasteiger partial charge in [0.2, 0.25) is 0 Å². The Bertz CT molecular complexity index is 792. The summed E-state index contributed by atoms with van der Waals surface area (Å²) in [6, 6.07) is 11.5. The highest BCUT2D eigenvalue weighted by Gasteiger charge is 2.25. The molecule has 2 atom stereocenters. The molecule has 0 fully saturated rings. The molecule has 0 aliphatic rings. The van der Waals surface area contributed by atoms with E-state index in [1.54, 1.807) is 30.5 Å². The molecule has 2 rings (SSSR count). The van der Waals surface area contributed by atoms with Gasteiger partial charge in [-0.25, -0.2) is 4.39 Å². The Balaban J connectivity index is 2.09. The molecule has 0 aliphatic heterocycles. The molecule has 0 aliphatic carbocycles. The molecule has 2 aromatic rings. The standard InChI is InChI=1S/C19H18Cl2FN3O2/c20-18(21)19(27)25-16(10-22)17(26)13-5-3-12(4-6-13)14-7-8-15(24-11-14)2-1-9-23/h3-8,11,16-18,26H,1-2,10H2,(H,25,27). The van der Waals surface area contributed by atoms with Crippen molar-refractivity contribution in [2.75, 3.05) is 6.67 Å². The number of aryl methyl sites for hydroxylation is 1. The van der Waals surface area contributed by atoms with E-state index in [1.165, 1.54) is 0 Å². The number of carbonyl (C=O) groups is 1. The van der Waals surface area contributed by atoms with Crippen LogP contribution in [-0.4, -0.2) is 33.6 Å². The van der Waals surface area contributed by atoms with Gasteiger partial charge in [-0.3, -0.25) is 9.78 Å². The smallest absolute Gasteiger partial charge is 0.253 e. The average Bonchev–Trinajstić information content (AvgIpc) is 2.70. The van der Waals surface area contributed by atoms with Crippen LogP contribution in [0.1, 0.15) is 23.8 Å². The summed E-state index contributed by atoms with van der Waals surface area (Å²) >= 11 is 10.9. The van der Waals surface area contributed by atoms with Crippen LogP contribution < -0.4 is 5.32 Å². The van der Waals surface area contributed by atoms with Gasteiger partial charge < -0.3 is 10.4 Å². The number of hydrogen-bond acceptors (Lipinski definition) is 4. The first-order chi connectivity index (χ1) is 13.0. The van der Waals surface area contributed by atoms with Crippen molar-refractivity contribution in [3.05, 3.63) is 53.9 Å². The SMILES string of the molecule is N#CCCc1ccc(-c2ccc(C(O)C(CF)NC(=O)C(Cl)Cl)cc2)cn1. The largest absolute Gasteiger partial charge is 0.386 e. The lowest BCUT2D eigenvalue weighted by Crippen LogP contribution is -2.43. The monoisotopic (exact) mass is 409 g/mol. The van der Waals surface area contributed by atoms with Crippen molar-refractivity contribution >= 4 is 29.1 Å². The third kappa shape index (κ3) is 5.90. The zero-order valence-corrected chi connectivity index (χ0v) is 15.8. The second-order valence-corrected chi connectivity index (χ2v) is 6.93. The number of nitrogens with one attached hydrogen (secondary N) is 1. The van der Waals surface area contributed by atoms with Crippen LogP contribution in [0.5, 0.6) is 0 Å². The number of aliphatic hydroxyl groups is 1. The highest BCUT2D eigenvalue weighted by atomic mass is 35.5. The highest BCUT2D eigenvalue weighted by molar-refractivity contribution is 6.53. The number of aromatic nitrogens is 1. The van der Waals surface area contributed by atoms with Gasteiger partial charge >= 0.3 is 0 Å². The van der Waals surface area contributed by atoms with Gasteiger partial charge in [-0.2, -0.15) is 5.26 Å². The zero-order chi connectivity index (χ0) is 19.8. The Morgan fingerprint density at radius 3 is 2.41 bits per heavy atom. The van der Waals surface area contributed by atoms with E-state index in [1.807, 2.05) is 12.1 Å². The molecule has 1 aromatic carbocycles. The number of hydrogen-bond donors (Lipinski definition) is 2. The number of nitrogens with zero attached hydrogens (tertiary/aromatic N) is 2. The number of alkyl halides is 3. The third-order valence-corrected chi connectivity index (χ3v) is 4.37. The van der Waals surface area contributed by atoms with E-state index in [-0.39, 0.29) is 0 Å². The Morgan fingerprint density at radius 1 is 1.22 bits per heavy atom. The van der Waals surface area contributed by atoms with Crippen LogP contribution in [0.4, 0.5) is 4.39 Å². The molecule has 27 heavy (non-hydrogen) atoms. The van der Waals surface area contributed by atoms with Crippen LogP contribution in [-0.2, 0) is 11.2 Å². The van der Waals surface area contributed by atoms with Gasteiger partial charge in [0, 0.05) is 30.3 Å². The first-order valence-electron chi connectivity index (χ1n) is 8.21. The molecule has 0 radical (unpaired) electrons. The molecule has 0 spiro atoms. The fraction of sp³-hybridized carbons (Fsp3) is 0.316.